The topological polar surface area (TPSA) is 92.7 Å². The van der Waals surface area contributed by atoms with Gasteiger partial charge < -0.3 is 9.84 Å². The number of sulfonamides is 1. The van der Waals surface area contributed by atoms with E-state index in [1.165, 1.54) is 37.4 Å². The van der Waals surface area contributed by atoms with Crippen molar-refractivity contribution in [2.24, 2.45) is 0 Å². The first kappa shape index (κ1) is 15.6. The number of carboxylic acid groups (broad SMARTS) is 1. The molecular weight excluding hydrogens is 338 g/mol. The van der Waals surface area contributed by atoms with Crippen LogP contribution in [0.3, 0.4) is 0 Å². The van der Waals surface area contributed by atoms with E-state index in [0.717, 1.165) is 0 Å². The second-order valence-corrected chi connectivity index (χ2v) is 7.28. The third-order valence-electron chi connectivity index (χ3n) is 2.46. The fourth-order valence-electron chi connectivity index (χ4n) is 1.51. The van der Waals surface area contributed by atoms with Gasteiger partial charge in [0.1, 0.15) is 14.8 Å². The van der Waals surface area contributed by atoms with Crippen LogP contribution in [0.15, 0.2) is 34.5 Å². The van der Waals surface area contributed by atoms with Crippen LogP contribution >= 0.6 is 22.9 Å². The van der Waals surface area contributed by atoms with Gasteiger partial charge in [-0.1, -0.05) is 11.6 Å². The molecule has 2 aromatic rings. The van der Waals surface area contributed by atoms with Crippen LogP contribution in [0.1, 0.15) is 9.67 Å². The summed E-state index contributed by atoms with van der Waals surface area (Å²) in [6.07, 6.45) is 0. The number of thiophene rings is 1. The van der Waals surface area contributed by atoms with Crippen LogP contribution in [0.25, 0.3) is 0 Å². The Morgan fingerprint density at radius 2 is 2.05 bits per heavy atom. The van der Waals surface area contributed by atoms with Gasteiger partial charge in [0.2, 0.25) is 0 Å². The lowest BCUT2D eigenvalue weighted by atomic mass is 10.3. The van der Waals surface area contributed by atoms with E-state index < -0.39 is 16.0 Å². The first-order chi connectivity index (χ1) is 9.83. The van der Waals surface area contributed by atoms with E-state index in [2.05, 4.69) is 4.72 Å². The molecule has 6 nitrogen and oxygen atoms in total. The molecule has 0 unspecified atom stereocenters. The molecule has 0 aliphatic carbocycles. The van der Waals surface area contributed by atoms with Crippen molar-refractivity contribution in [3.05, 3.63) is 40.2 Å². The summed E-state index contributed by atoms with van der Waals surface area (Å²) >= 11 is 6.59. The molecule has 0 bridgehead atoms. The summed E-state index contributed by atoms with van der Waals surface area (Å²) < 4.78 is 31.5. The number of carboxylic acids is 1. The zero-order valence-corrected chi connectivity index (χ0v) is 13.1. The number of anilines is 1. The number of ether oxygens (including phenoxy) is 1. The smallest absolute Gasteiger partial charge is 0.345 e. The van der Waals surface area contributed by atoms with Gasteiger partial charge in [0.15, 0.2) is 0 Å². The van der Waals surface area contributed by atoms with Gasteiger partial charge >= 0.3 is 5.97 Å². The van der Waals surface area contributed by atoms with Crippen LogP contribution in [0, 0.1) is 0 Å². The highest BCUT2D eigenvalue weighted by atomic mass is 35.5. The molecule has 0 saturated carbocycles. The van der Waals surface area contributed by atoms with E-state index in [4.69, 9.17) is 21.4 Å². The van der Waals surface area contributed by atoms with Gasteiger partial charge in [-0.15, -0.1) is 11.3 Å². The SMILES string of the molecule is COc1ccc(NS(=O)(=O)c2ccc(C(=O)O)s2)cc1Cl. The predicted molar refractivity (Wildman–Crippen MR) is 80.1 cm³/mol. The largest absolute Gasteiger partial charge is 0.495 e. The highest BCUT2D eigenvalue weighted by Gasteiger charge is 2.19. The maximum atomic E-state index is 12.1. The standard InChI is InChI=1S/C12H10ClNO5S2/c1-19-9-3-2-7(6-8(9)13)14-21(17,18)11-5-4-10(20-11)12(15)16/h2-6,14H,1H3,(H,15,16). The number of rotatable bonds is 5. The fourth-order valence-corrected chi connectivity index (χ4v) is 3.97. The van der Waals surface area contributed by atoms with Crippen molar-refractivity contribution >= 4 is 44.6 Å². The van der Waals surface area contributed by atoms with Gasteiger partial charge in [-0.3, -0.25) is 4.72 Å². The molecule has 2 rings (SSSR count). The summed E-state index contributed by atoms with van der Waals surface area (Å²) in [6, 6.07) is 6.90. The Morgan fingerprint density at radius 1 is 1.33 bits per heavy atom. The molecule has 21 heavy (non-hydrogen) atoms. The van der Waals surface area contributed by atoms with Crippen molar-refractivity contribution in [3.8, 4) is 5.75 Å². The first-order valence-corrected chi connectivity index (χ1v) is 8.21. The van der Waals surface area contributed by atoms with E-state index in [0.29, 0.717) is 17.1 Å². The normalized spacial score (nSPS) is 11.1. The highest BCUT2D eigenvalue weighted by molar-refractivity contribution is 7.94. The van der Waals surface area contributed by atoms with E-state index in [1.807, 2.05) is 0 Å². The zero-order valence-electron chi connectivity index (χ0n) is 10.7. The molecule has 0 radical (unpaired) electrons. The summed E-state index contributed by atoms with van der Waals surface area (Å²) in [5.41, 5.74) is 0.256. The molecule has 1 aromatic carbocycles. The maximum absolute atomic E-state index is 12.1. The van der Waals surface area contributed by atoms with Crippen LogP contribution < -0.4 is 9.46 Å². The average Bonchev–Trinajstić information content (AvgIpc) is 2.89. The van der Waals surface area contributed by atoms with Crippen molar-refractivity contribution in [1.29, 1.82) is 0 Å². The van der Waals surface area contributed by atoms with Crippen molar-refractivity contribution in [3.63, 3.8) is 0 Å². The van der Waals surface area contributed by atoms with E-state index >= 15 is 0 Å². The number of carbonyl (C=O) groups is 1. The Morgan fingerprint density at radius 3 is 2.57 bits per heavy atom. The fraction of sp³-hybridized carbons (Fsp3) is 0.0833. The highest BCUT2D eigenvalue weighted by Crippen LogP contribution is 2.29. The van der Waals surface area contributed by atoms with Gasteiger partial charge in [-0.05, 0) is 30.3 Å². The Hall–Kier alpha value is -1.77. The second-order valence-electron chi connectivity index (χ2n) is 3.88. The van der Waals surface area contributed by atoms with Crippen molar-refractivity contribution in [2.45, 2.75) is 4.21 Å². The van der Waals surface area contributed by atoms with Crippen molar-refractivity contribution < 1.29 is 23.1 Å². The molecule has 112 valence electrons. The summed E-state index contributed by atoms with van der Waals surface area (Å²) in [6.45, 7) is 0. The van der Waals surface area contributed by atoms with Gasteiger partial charge in [-0.25, -0.2) is 13.2 Å². The molecule has 1 aromatic heterocycles. The first-order valence-electron chi connectivity index (χ1n) is 5.53. The molecule has 2 N–H and O–H groups in total. The van der Waals surface area contributed by atoms with Crippen LogP contribution in [0.2, 0.25) is 5.02 Å². The maximum Gasteiger partial charge on any atom is 0.345 e. The van der Waals surface area contributed by atoms with Gasteiger partial charge in [0.25, 0.3) is 10.0 Å². The van der Waals surface area contributed by atoms with Crippen LogP contribution in [0.4, 0.5) is 5.69 Å². The molecule has 0 spiro atoms. The Balaban J connectivity index is 2.28. The lowest BCUT2D eigenvalue weighted by molar-refractivity contribution is 0.0702. The number of benzene rings is 1. The van der Waals surface area contributed by atoms with Gasteiger partial charge in [0, 0.05) is 0 Å². The molecule has 0 fully saturated rings. The minimum absolute atomic E-state index is 0.0526. The van der Waals surface area contributed by atoms with Crippen molar-refractivity contribution in [2.75, 3.05) is 11.8 Å². The molecule has 0 aliphatic rings. The summed E-state index contributed by atoms with van der Waals surface area (Å²) in [7, 11) is -2.41. The third kappa shape index (κ3) is 3.46. The Labute approximate surface area is 130 Å². The summed E-state index contributed by atoms with van der Waals surface area (Å²) in [5.74, 6) is -0.752. The monoisotopic (exact) mass is 347 g/mol. The molecular formula is C12H10ClNO5S2. The molecule has 9 heteroatoms. The Bertz CT molecular complexity index is 785. The number of aromatic carboxylic acids is 1. The predicted octanol–water partition coefficient (Wildman–Crippen LogP) is 2.91. The number of hydrogen-bond acceptors (Lipinski definition) is 5. The molecule has 0 aliphatic heterocycles. The lowest BCUT2D eigenvalue weighted by Gasteiger charge is -2.08. The number of halogens is 1. The number of methoxy groups -OCH3 is 1. The number of hydrogen-bond donors (Lipinski definition) is 2. The molecule has 0 atom stereocenters. The van der Waals surface area contributed by atoms with Crippen LogP contribution in [-0.2, 0) is 10.0 Å². The van der Waals surface area contributed by atoms with Gasteiger partial charge in [-0.2, -0.15) is 0 Å². The van der Waals surface area contributed by atoms with Crippen LogP contribution in [-0.4, -0.2) is 26.6 Å². The lowest BCUT2D eigenvalue weighted by Crippen LogP contribution is -2.11. The Kier molecular flexibility index (Phi) is 4.40. The summed E-state index contributed by atoms with van der Waals surface area (Å²) in [5, 5.41) is 9.07. The third-order valence-corrected chi connectivity index (χ3v) is 5.70. The van der Waals surface area contributed by atoms with Crippen LogP contribution in [0.5, 0.6) is 5.75 Å². The van der Waals surface area contributed by atoms with E-state index in [9.17, 15) is 13.2 Å². The quantitative estimate of drug-likeness (QED) is 0.867. The van der Waals surface area contributed by atoms with Gasteiger partial charge in [0.05, 0.1) is 17.8 Å². The zero-order chi connectivity index (χ0) is 15.6. The minimum Gasteiger partial charge on any atom is -0.495 e. The molecule has 1 heterocycles. The second kappa shape index (κ2) is 5.92. The van der Waals surface area contributed by atoms with E-state index in [-0.39, 0.29) is 19.8 Å². The minimum atomic E-state index is -3.86. The summed E-state index contributed by atoms with van der Waals surface area (Å²) in [4.78, 5) is 10.7. The number of nitrogens with one attached hydrogen (secondary N) is 1. The van der Waals surface area contributed by atoms with E-state index in [1.54, 1.807) is 0 Å². The van der Waals surface area contributed by atoms with Crippen molar-refractivity contribution in [1.82, 2.24) is 0 Å². The molecule has 0 amide bonds. The average molecular weight is 348 g/mol. The molecule has 0 saturated heterocycles.